The number of rotatable bonds is 4. The highest BCUT2D eigenvalue weighted by Crippen LogP contribution is 1.97. The SMILES string of the molecule is NC(=O)c1n[c]cn1CCCO. The standard InChI is InChI=1S/C7H10N3O2/c8-6(12)7-9-2-4-10(7)3-1-5-11/h4,11H,1,3,5H2,(H2,8,12). The van der Waals surface area contributed by atoms with Crippen LogP contribution in [0.4, 0.5) is 0 Å². The van der Waals surface area contributed by atoms with Crippen molar-refractivity contribution >= 4 is 5.91 Å². The van der Waals surface area contributed by atoms with Gasteiger partial charge in [0.25, 0.3) is 5.91 Å². The number of carbonyl (C=O) groups excluding carboxylic acids is 1. The summed E-state index contributed by atoms with van der Waals surface area (Å²) in [4.78, 5) is 14.4. The van der Waals surface area contributed by atoms with Crippen molar-refractivity contribution < 1.29 is 9.90 Å². The van der Waals surface area contributed by atoms with Gasteiger partial charge >= 0.3 is 0 Å². The Kier molecular flexibility index (Phi) is 2.82. The third kappa shape index (κ3) is 1.82. The van der Waals surface area contributed by atoms with Gasteiger partial charge in [0.15, 0.2) is 5.82 Å². The molecule has 1 heterocycles. The highest BCUT2D eigenvalue weighted by Gasteiger charge is 2.07. The molecule has 0 fully saturated rings. The zero-order valence-corrected chi connectivity index (χ0v) is 6.53. The molecule has 1 aromatic rings. The highest BCUT2D eigenvalue weighted by atomic mass is 16.3. The second kappa shape index (κ2) is 3.87. The van der Waals surface area contributed by atoms with E-state index in [0.717, 1.165) is 0 Å². The summed E-state index contributed by atoms with van der Waals surface area (Å²) in [7, 11) is 0. The molecule has 5 heteroatoms. The molecule has 65 valence electrons. The quantitative estimate of drug-likeness (QED) is 0.615. The largest absolute Gasteiger partial charge is 0.396 e. The van der Waals surface area contributed by atoms with E-state index in [1.54, 1.807) is 4.57 Å². The monoisotopic (exact) mass is 168 g/mol. The van der Waals surface area contributed by atoms with Gasteiger partial charge in [-0.05, 0) is 6.42 Å². The van der Waals surface area contributed by atoms with E-state index >= 15 is 0 Å². The maximum Gasteiger partial charge on any atom is 0.284 e. The van der Waals surface area contributed by atoms with Crippen molar-refractivity contribution in [1.82, 2.24) is 9.55 Å². The van der Waals surface area contributed by atoms with E-state index in [4.69, 9.17) is 10.8 Å². The third-order valence-corrected chi connectivity index (χ3v) is 1.43. The van der Waals surface area contributed by atoms with Gasteiger partial charge in [-0.15, -0.1) is 0 Å². The zero-order valence-electron chi connectivity index (χ0n) is 6.53. The van der Waals surface area contributed by atoms with Crippen LogP contribution in [0.15, 0.2) is 6.20 Å². The number of hydrogen-bond donors (Lipinski definition) is 2. The van der Waals surface area contributed by atoms with Crippen LogP contribution in [0.1, 0.15) is 17.0 Å². The van der Waals surface area contributed by atoms with Crippen LogP contribution in [0.2, 0.25) is 0 Å². The van der Waals surface area contributed by atoms with Crippen LogP contribution >= 0.6 is 0 Å². The number of hydrogen-bond acceptors (Lipinski definition) is 3. The Morgan fingerprint density at radius 2 is 2.58 bits per heavy atom. The van der Waals surface area contributed by atoms with Crippen LogP contribution in [0, 0.1) is 6.20 Å². The molecule has 1 rings (SSSR count). The Balaban J connectivity index is 2.70. The molecule has 0 aliphatic rings. The summed E-state index contributed by atoms with van der Waals surface area (Å²) in [6.45, 7) is 0.613. The molecule has 0 saturated heterocycles. The molecular weight excluding hydrogens is 158 g/mol. The Morgan fingerprint density at radius 3 is 3.17 bits per heavy atom. The van der Waals surface area contributed by atoms with Crippen LogP contribution in [0.5, 0.6) is 0 Å². The summed E-state index contributed by atoms with van der Waals surface area (Å²) >= 11 is 0. The van der Waals surface area contributed by atoms with Gasteiger partial charge in [-0.3, -0.25) is 4.79 Å². The van der Waals surface area contributed by atoms with Crippen molar-refractivity contribution in [2.45, 2.75) is 13.0 Å². The van der Waals surface area contributed by atoms with Gasteiger partial charge in [0.1, 0.15) is 6.20 Å². The van der Waals surface area contributed by atoms with Gasteiger partial charge < -0.3 is 15.4 Å². The molecule has 0 aliphatic carbocycles. The number of aryl methyl sites for hydroxylation is 1. The summed E-state index contributed by atoms with van der Waals surface area (Å²) in [5.41, 5.74) is 5.03. The average molecular weight is 168 g/mol. The fourth-order valence-corrected chi connectivity index (χ4v) is 0.893. The number of nitrogens with zero attached hydrogens (tertiary/aromatic N) is 2. The molecule has 5 nitrogen and oxygen atoms in total. The van der Waals surface area contributed by atoms with E-state index in [1.165, 1.54) is 6.20 Å². The van der Waals surface area contributed by atoms with Crippen LogP contribution in [-0.2, 0) is 6.54 Å². The minimum Gasteiger partial charge on any atom is -0.396 e. The van der Waals surface area contributed by atoms with Gasteiger partial charge in [-0.25, -0.2) is 4.98 Å². The van der Waals surface area contributed by atoms with Crippen LogP contribution in [-0.4, -0.2) is 27.2 Å². The van der Waals surface area contributed by atoms with E-state index in [2.05, 4.69) is 11.2 Å². The van der Waals surface area contributed by atoms with Gasteiger partial charge in [0.2, 0.25) is 0 Å². The molecule has 0 atom stereocenters. The lowest BCUT2D eigenvalue weighted by molar-refractivity contribution is 0.0985. The molecule has 1 aromatic heterocycles. The number of primary amides is 1. The van der Waals surface area contributed by atoms with Crippen LogP contribution in [0.3, 0.4) is 0 Å². The lowest BCUT2D eigenvalue weighted by Gasteiger charge is -2.02. The number of aliphatic hydroxyl groups is 1. The first-order chi connectivity index (χ1) is 5.75. The van der Waals surface area contributed by atoms with Crippen molar-refractivity contribution in [2.75, 3.05) is 6.61 Å². The molecule has 0 unspecified atom stereocenters. The molecule has 3 N–H and O–H groups in total. The maximum atomic E-state index is 10.7. The number of aromatic nitrogens is 2. The fourth-order valence-electron chi connectivity index (χ4n) is 0.893. The van der Waals surface area contributed by atoms with E-state index in [1.807, 2.05) is 0 Å². The lowest BCUT2D eigenvalue weighted by Crippen LogP contribution is -2.18. The second-order valence-electron chi connectivity index (χ2n) is 2.33. The minimum absolute atomic E-state index is 0.0797. The second-order valence-corrected chi connectivity index (χ2v) is 2.33. The number of aliphatic hydroxyl groups excluding tert-OH is 1. The van der Waals surface area contributed by atoms with Gasteiger partial charge in [0, 0.05) is 19.3 Å². The van der Waals surface area contributed by atoms with Crippen molar-refractivity contribution in [3.05, 3.63) is 18.2 Å². The van der Waals surface area contributed by atoms with Crippen molar-refractivity contribution in [3.63, 3.8) is 0 Å². The van der Waals surface area contributed by atoms with Crippen LogP contribution < -0.4 is 5.73 Å². The highest BCUT2D eigenvalue weighted by molar-refractivity contribution is 5.89. The number of imidazole rings is 1. The summed E-state index contributed by atoms with van der Waals surface area (Å²) in [6.07, 6.45) is 4.63. The Morgan fingerprint density at radius 1 is 1.83 bits per heavy atom. The normalized spacial score (nSPS) is 10.1. The first-order valence-electron chi connectivity index (χ1n) is 3.59. The number of amides is 1. The Labute approximate surface area is 69.8 Å². The van der Waals surface area contributed by atoms with E-state index in [-0.39, 0.29) is 12.4 Å². The van der Waals surface area contributed by atoms with Gasteiger partial charge in [0.05, 0.1) is 0 Å². The van der Waals surface area contributed by atoms with Gasteiger partial charge in [-0.2, -0.15) is 0 Å². The molecule has 0 spiro atoms. The van der Waals surface area contributed by atoms with Gasteiger partial charge in [-0.1, -0.05) is 0 Å². The van der Waals surface area contributed by atoms with Crippen molar-refractivity contribution in [3.8, 4) is 0 Å². The summed E-state index contributed by atoms with van der Waals surface area (Å²) in [5.74, 6) is -0.391. The summed E-state index contributed by atoms with van der Waals surface area (Å²) in [6, 6.07) is 0. The van der Waals surface area contributed by atoms with E-state index < -0.39 is 5.91 Å². The zero-order chi connectivity index (χ0) is 8.97. The number of nitrogens with two attached hydrogens (primary N) is 1. The minimum atomic E-state index is -0.575. The molecule has 0 aromatic carbocycles. The first kappa shape index (κ1) is 8.73. The molecule has 1 radical (unpaired) electrons. The molecule has 0 saturated carbocycles. The topological polar surface area (TPSA) is 81.1 Å². The summed E-state index contributed by atoms with van der Waals surface area (Å²) < 4.78 is 1.57. The first-order valence-corrected chi connectivity index (χ1v) is 3.59. The Bertz CT molecular complexity index is 269. The summed E-state index contributed by atoms with van der Waals surface area (Å²) in [5, 5.41) is 8.53. The van der Waals surface area contributed by atoms with E-state index in [9.17, 15) is 4.79 Å². The van der Waals surface area contributed by atoms with E-state index in [0.29, 0.717) is 13.0 Å². The maximum absolute atomic E-state index is 10.7. The predicted octanol–water partition coefficient (Wildman–Crippen LogP) is -0.835. The van der Waals surface area contributed by atoms with Crippen molar-refractivity contribution in [1.29, 1.82) is 0 Å². The molecular formula is C7H10N3O2. The molecule has 0 aliphatic heterocycles. The predicted molar refractivity (Wildman–Crippen MR) is 41.3 cm³/mol. The lowest BCUT2D eigenvalue weighted by atomic mass is 10.4. The smallest absolute Gasteiger partial charge is 0.284 e. The fraction of sp³-hybridized carbons (Fsp3) is 0.429. The van der Waals surface area contributed by atoms with Crippen LogP contribution in [0.25, 0.3) is 0 Å². The molecule has 0 bridgehead atoms. The third-order valence-electron chi connectivity index (χ3n) is 1.43. The Hall–Kier alpha value is -1.36. The number of carbonyl (C=O) groups is 1. The van der Waals surface area contributed by atoms with Crippen molar-refractivity contribution in [2.24, 2.45) is 5.73 Å². The molecule has 1 amide bonds. The average Bonchev–Trinajstić information content (AvgIpc) is 2.48. The molecule has 12 heavy (non-hydrogen) atoms.